The average molecular weight is 375 g/mol. The maximum atomic E-state index is 12.9. The molecule has 2 heterocycles. The number of para-hydroxylation sites is 2. The summed E-state index contributed by atoms with van der Waals surface area (Å²) in [6.07, 6.45) is 3.98. The highest BCUT2D eigenvalue weighted by Crippen LogP contribution is 2.42. The largest absolute Gasteiger partial charge is 0.367 e. The number of piperidine rings is 1. The van der Waals surface area contributed by atoms with Gasteiger partial charge in [-0.1, -0.05) is 32.9 Å². The summed E-state index contributed by atoms with van der Waals surface area (Å²) in [5.74, 6) is 0.843. The Labute approximate surface area is 157 Å². The fourth-order valence-corrected chi connectivity index (χ4v) is 6.16. The highest BCUT2D eigenvalue weighted by molar-refractivity contribution is 7.88. The van der Waals surface area contributed by atoms with E-state index in [1.807, 2.05) is 12.1 Å². The van der Waals surface area contributed by atoms with E-state index in [-0.39, 0.29) is 5.41 Å². The van der Waals surface area contributed by atoms with Gasteiger partial charge in [-0.2, -0.15) is 0 Å². The smallest absolute Gasteiger partial charge is 0.160 e. The van der Waals surface area contributed by atoms with Crippen molar-refractivity contribution >= 4 is 33.7 Å². The monoisotopic (exact) mass is 374 g/mol. The standard InChI is InChI=1S/C20H26N2OS2/c1-20(2,3)18-10-11-19(24-18)25(23)21-16-6-4-5-7-17(16)22-13-14-8-9-15(22)12-14/h4-7,10-11,14-15,21H,8-9,12-13H2,1-3H3. The molecule has 1 aromatic heterocycles. The Morgan fingerprint density at radius 3 is 2.60 bits per heavy atom. The Balaban J connectivity index is 1.55. The van der Waals surface area contributed by atoms with E-state index in [1.165, 1.54) is 29.8 Å². The summed E-state index contributed by atoms with van der Waals surface area (Å²) in [6, 6.07) is 13.1. The number of benzene rings is 1. The van der Waals surface area contributed by atoms with Crippen LogP contribution < -0.4 is 9.62 Å². The molecule has 1 aliphatic heterocycles. The summed E-state index contributed by atoms with van der Waals surface area (Å²) in [7, 11) is -1.22. The van der Waals surface area contributed by atoms with Crippen LogP contribution in [0.25, 0.3) is 0 Å². The number of rotatable bonds is 4. The van der Waals surface area contributed by atoms with Gasteiger partial charge in [0.15, 0.2) is 11.0 Å². The quantitative estimate of drug-likeness (QED) is 0.801. The van der Waals surface area contributed by atoms with Crippen LogP contribution in [-0.2, 0) is 16.4 Å². The third-order valence-electron chi connectivity index (χ3n) is 5.33. The van der Waals surface area contributed by atoms with Gasteiger partial charge in [0.05, 0.1) is 11.4 Å². The lowest BCUT2D eigenvalue weighted by Gasteiger charge is -2.30. The van der Waals surface area contributed by atoms with Crippen molar-refractivity contribution in [1.29, 1.82) is 0 Å². The predicted molar refractivity (Wildman–Crippen MR) is 108 cm³/mol. The maximum Gasteiger partial charge on any atom is 0.160 e. The molecule has 2 fully saturated rings. The fourth-order valence-electron chi connectivity index (χ4n) is 4.00. The third kappa shape index (κ3) is 3.36. The van der Waals surface area contributed by atoms with Crippen molar-refractivity contribution in [2.45, 2.75) is 55.7 Å². The summed E-state index contributed by atoms with van der Waals surface area (Å²) in [4.78, 5) is 3.78. The van der Waals surface area contributed by atoms with E-state index in [2.05, 4.69) is 54.7 Å². The van der Waals surface area contributed by atoms with E-state index in [0.717, 1.165) is 22.4 Å². The van der Waals surface area contributed by atoms with Gasteiger partial charge in [0.2, 0.25) is 0 Å². The topological polar surface area (TPSA) is 32.3 Å². The van der Waals surface area contributed by atoms with Crippen molar-refractivity contribution in [3.8, 4) is 0 Å². The molecule has 2 aliphatic rings. The van der Waals surface area contributed by atoms with E-state index in [0.29, 0.717) is 6.04 Å². The zero-order chi connectivity index (χ0) is 17.6. The summed E-state index contributed by atoms with van der Waals surface area (Å²) < 4.78 is 17.0. The van der Waals surface area contributed by atoms with Crippen LogP contribution in [0.1, 0.15) is 44.9 Å². The zero-order valence-electron chi connectivity index (χ0n) is 15.1. The normalized spacial score (nSPS) is 23.9. The van der Waals surface area contributed by atoms with Crippen LogP contribution in [0.2, 0.25) is 0 Å². The lowest BCUT2D eigenvalue weighted by molar-refractivity contribution is 0.554. The Kier molecular flexibility index (Phi) is 4.40. The first kappa shape index (κ1) is 17.1. The molecule has 3 atom stereocenters. The van der Waals surface area contributed by atoms with Crippen molar-refractivity contribution < 1.29 is 4.21 Å². The van der Waals surface area contributed by atoms with Crippen LogP contribution in [0.3, 0.4) is 0 Å². The van der Waals surface area contributed by atoms with E-state index >= 15 is 0 Å². The van der Waals surface area contributed by atoms with E-state index in [9.17, 15) is 4.21 Å². The molecule has 1 saturated heterocycles. The van der Waals surface area contributed by atoms with Gasteiger partial charge in [0.25, 0.3) is 0 Å². The lowest BCUT2D eigenvalue weighted by Crippen LogP contribution is -2.32. The van der Waals surface area contributed by atoms with Crippen molar-refractivity contribution in [3.05, 3.63) is 41.3 Å². The molecule has 2 bridgehead atoms. The molecule has 25 heavy (non-hydrogen) atoms. The minimum absolute atomic E-state index is 0.0970. The van der Waals surface area contributed by atoms with Gasteiger partial charge in [0, 0.05) is 17.5 Å². The predicted octanol–water partition coefficient (Wildman–Crippen LogP) is 5.17. The number of hydrogen-bond donors (Lipinski definition) is 1. The van der Waals surface area contributed by atoms with Gasteiger partial charge >= 0.3 is 0 Å². The number of hydrogen-bond acceptors (Lipinski definition) is 3. The highest BCUT2D eigenvalue weighted by atomic mass is 32.2. The minimum atomic E-state index is -1.22. The molecular formula is C20H26N2OS2. The van der Waals surface area contributed by atoms with Crippen LogP contribution in [0.4, 0.5) is 11.4 Å². The van der Waals surface area contributed by atoms with Crippen LogP contribution in [0.5, 0.6) is 0 Å². The first-order chi connectivity index (χ1) is 11.9. The number of fused-ring (bicyclic) bond motifs is 2. The zero-order valence-corrected chi connectivity index (χ0v) is 16.8. The van der Waals surface area contributed by atoms with Crippen LogP contribution in [0.15, 0.2) is 40.6 Å². The summed E-state index contributed by atoms with van der Waals surface area (Å²) in [6.45, 7) is 7.72. The second kappa shape index (κ2) is 6.44. The molecule has 2 aromatic rings. The van der Waals surface area contributed by atoms with Crippen molar-refractivity contribution in [3.63, 3.8) is 0 Å². The number of thiophene rings is 1. The van der Waals surface area contributed by atoms with Gasteiger partial charge in [0.1, 0.15) is 4.21 Å². The third-order valence-corrected chi connectivity index (χ3v) is 8.25. The molecule has 1 N–H and O–H groups in total. The Morgan fingerprint density at radius 1 is 1.16 bits per heavy atom. The fraction of sp³-hybridized carbons (Fsp3) is 0.500. The Hall–Kier alpha value is -1.33. The average Bonchev–Trinajstić information content (AvgIpc) is 3.31. The molecular weight excluding hydrogens is 348 g/mol. The second-order valence-corrected chi connectivity index (χ2v) is 10.8. The van der Waals surface area contributed by atoms with Crippen LogP contribution in [0, 0.1) is 5.92 Å². The highest BCUT2D eigenvalue weighted by Gasteiger charge is 2.38. The van der Waals surface area contributed by atoms with Gasteiger partial charge < -0.3 is 4.90 Å². The number of nitrogens with one attached hydrogen (secondary N) is 1. The van der Waals surface area contributed by atoms with E-state index in [4.69, 9.17) is 0 Å². The molecule has 134 valence electrons. The molecule has 4 rings (SSSR count). The summed E-state index contributed by atoms with van der Waals surface area (Å²) >= 11 is 1.64. The molecule has 0 amide bonds. The summed E-state index contributed by atoms with van der Waals surface area (Å²) in [5.41, 5.74) is 2.29. The first-order valence-corrected chi connectivity index (χ1v) is 11.0. The molecule has 3 unspecified atom stereocenters. The molecule has 0 radical (unpaired) electrons. The molecule has 5 heteroatoms. The van der Waals surface area contributed by atoms with E-state index in [1.54, 1.807) is 11.3 Å². The van der Waals surface area contributed by atoms with Gasteiger partial charge in [-0.25, -0.2) is 4.21 Å². The Morgan fingerprint density at radius 2 is 1.96 bits per heavy atom. The van der Waals surface area contributed by atoms with Gasteiger partial charge in [-0.05, 0) is 54.9 Å². The molecule has 1 aromatic carbocycles. The lowest BCUT2D eigenvalue weighted by atomic mass is 9.95. The minimum Gasteiger partial charge on any atom is -0.367 e. The van der Waals surface area contributed by atoms with Crippen molar-refractivity contribution in [1.82, 2.24) is 0 Å². The van der Waals surface area contributed by atoms with E-state index < -0.39 is 11.0 Å². The maximum absolute atomic E-state index is 12.9. The van der Waals surface area contributed by atoms with Crippen LogP contribution in [-0.4, -0.2) is 16.8 Å². The van der Waals surface area contributed by atoms with Crippen molar-refractivity contribution in [2.75, 3.05) is 16.2 Å². The summed E-state index contributed by atoms with van der Waals surface area (Å²) in [5, 5.41) is 0. The molecule has 1 aliphatic carbocycles. The number of nitrogens with zero attached hydrogens (tertiary/aromatic N) is 1. The van der Waals surface area contributed by atoms with Crippen LogP contribution >= 0.6 is 11.3 Å². The molecule has 3 nitrogen and oxygen atoms in total. The molecule has 0 spiro atoms. The Bertz CT molecular complexity index is 793. The first-order valence-electron chi connectivity index (χ1n) is 9.06. The second-order valence-electron chi connectivity index (χ2n) is 8.24. The van der Waals surface area contributed by atoms with Crippen molar-refractivity contribution in [2.24, 2.45) is 5.92 Å². The SMILES string of the molecule is CC(C)(C)c1ccc(S(=O)Nc2ccccc2N2CC3CCC2C3)s1. The molecule has 1 saturated carbocycles. The van der Waals surface area contributed by atoms with Gasteiger partial charge in [-0.15, -0.1) is 11.3 Å². The van der Waals surface area contributed by atoms with Gasteiger partial charge in [-0.3, -0.25) is 4.72 Å². The number of anilines is 2.